The highest BCUT2D eigenvalue weighted by molar-refractivity contribution is 8.13. The van der Waals surface area contributed by atoms with Gasteiger partial charge in [-0.25, -0.2) is 9.65 Å². The van der Waals surface area contributed by atoms with Crippen LogP contribution in [0.4, 0.5) is 0 Å². The van der Waals surface area contributed by atoms with Crippen LogP contribution in [0.3, 0.4) is 0 Å². The van der Waals surface area contributed by atoms with Crippen LogP contribution in [0.15, 0.2) is 0 Å². The van der Waals surface area contributed by atoms with E-state index in [2.05, 4.69) is 15.7 Å². The molecule has 3 N–H and O–H groups in total. The van der Waals surface area contributed by atoms with E-state index in [0.29, 0.717) is 4.48 Å². The molecule has 1 saturated heterocycles. The lowest BCUT2D eigenvalue weighted by atomic mass is 9.87. The third-order valence-electron chi connectivity index (χ3n) is 6.11. The maximum atomic E-state index is 13.0. The van der Waals surface area contributed by atoms with Crippen LogP contribution in [0.1, 0.15) is 53.4 Å². The van der Waals surface area contributed by atoms with Crippen LogP contribution in [0.25, 0.3) is 0 Å². The predicted molar refractivity (Wildman–Crippen MR) is 161 cm³/mol. The van der Waals surface area contributed by atoms with E-state index in [4.69, 9.17) is 18.5 Å². The minimum Gasteiger partial charge on any atom is -0.550 e. The molecule has 1 unspecified atom stereocenters. The minimum atomic E-state index is -4.02. The van der Waals surface area contributed by atoms with Crippen molar-refractivity contribution in [2.24, 2.45) is 5.41 Å². The molecule has 45 heavy (non-hydrogen) atoms. The SMILES string of the molecule is CCOC(=O)[C@H](C)NP1(=O)OCC(C)(C)[C@H](C(=O)NCCC(=O)NCCSC(=O)CCC(=O)O[C@H](CC(=O)[O-])C[N+](C)(C)C)O1. The standard InChI is InChI=1S/C27H47N4O12PS/c1-8-40-26(38)18(2)30-44(39)41-17-27(3,4)24(43-44)25(37)29-12-11-20(32)28-13-14-45-23(36)10-9-22(35)42-19(15-21(33)34)16-31(5,6)7/h18-19,24H,8-17H2,1-7H3,(H3-,28,29,30,32,33,34,37,39)/t18-,19+,24-,44?/m0/s1. The van der Waals surface area contributed by atoms with Gasteiger partial charge in [-0.2, -0.15) is 0 Å². The maximum absolute atomic E-state index is 13.0. The Labute approximate surface area is 268 Å². The molecule has 1 fully saturated rings. The summed E-state index contributed by atoms with van der Waals surface area (Å²) in [6, 6.07) is -1.01. The number of thioether (sulfide) groups is 1. The second-order valence-electron chi connectivity index (χ2n) is 12.1. The molecule has 258 valence electrons. The number of esters is 2. The molecule has 0 aromatic carbocycles. The Morgan fingerprint density at radius 1 is 1.07 bits per heavy atom. The van der Waals surface area contributed by atoms with Gasteiger partial charge >= 0.3 is 19.7 Å². The summed E-state index contributed by atoms with van der Waals surface area (Å²) in [5.41, 5.74) is -0.862. The number of aliphatic carboxylic acids is 1. The summed E-state index contributed by atoms with van der Waals surface area (Å²) < 4.78 is 34.4. The fraction of sp³-hybridized carbons (Fsp3) is 0.778. The van der Waals surface area contributed by atoms with Gasteiger partial charge in [-0.3, -0.25) is 33.0 Å². The van der Waals surface area contributed by atoms with Crippen LogP contribution in [-0.4, -0.2) is 117 Å². The van der Waals surface area contributed by atoms with Crippen LogP contribution in [0, 0.1) is 5.41 Å². The third kappa shape index (κ3) is 16.5. The zero-order valence-electron chi connectivity index (χ0n) is 27.0. The number of likely N-dealkylation sites (N-methyl/N-ethyl adjacent to an activating group) is 1. The Balaban J connectivity index is 2.38. The van der Waals surface area contributed by atoms with Crippen molar-refractivity contribution < 1.29 is 61.4 Å². The molecule has 1 heterocycles. The number of rotatable bonds is 19. The Hall–Kier alpha value is -2.56. The van der Waals surface area contributed by atoms with Crippen molar-refractivity contribution in [2.75, 3.05) is 59.7 Å². The Kier molecular flexibility index (Phi) is 16.7. The topological polar surface area (TPSA) is 216 Å². The summed E-state index contributed by atoms with van der Waals surface area (Å²) in [6.45, 7) is 6.85. The molecule has 1 aliphatic heterocycles. The summed E-state index contributed by atoms with van der Waals surface area (Å²) in [5.74, 6) is -3.42. The number of quaternary nitrogens is 1. The van der Waals surface area contributed by atoms with Crippen molar-refractivity contribution in [3.05, 3.63) is 0 Å². The number of carbonyl (C=O) groups is 6. The van der Waals surface area contributed by atoms with Crippen molar-refractivity contribution in [1.82, 2.24) is 15.7 Å². The van der Waals surface area contributed by atoms with Crippen molar-refractivity contribution in [3.63, 3.8) is 0 Å². The number of amides is 2. The second kappa shape index (κ2) is 18.6. The van der Waals surface area contributed by atoms with Gasteiger partial charge in [-0.15, -0.1) is 0 Å². The molecule has 0 aromatic heterocycles. The first-order chi connectivity index (χ1) is 20.8. The second-order valence-corrected chi connectivity index (χ2v) is 15.0. The Bertz CT molecular complexity index is 1110. The molecule has 0 aliphatic carbocycles. The van der Waals surface area contributed by atoms with Crippen molar-refractivity contribution in [1.29, 1.82) is 0 Å². The van der Waals surface area contributed by atoms with Gasteiger partial charge < -0.3 is 34.5 Å². The van der Waals surface area contributed by atoms with E-state index in [-0.39, 0.29) is 68.9 Å². The van der Waals surface area contributed by atoms with Gasteiger partial charge in [0.05, 0.1) is 40.8 Å². The van der Waals surface area contributed by atoms with Crippen LogP contribution in [0.5, 0.6) is 0 Å². The third-order valence-corrected chi connectivity index (χ3v) is 8.70. The van der Waals surface area contributed by atoms with Crippen molar-refractivity contribution in [2.45, 2.75) is 71.6 Å². The monoisotopic (exact) mass is 682 g/mol. The molecule has 4 atom stereocenters. The molecule has 1 aliphatic rings. The number of carboxylic acids is 1. The molecule has 0 aromatic rings. The molecule has 0 saturated carbocycles. The fourth-order valence-corrected chi connectivity index (χ4v) is 6.58. The summed E-state index contributed by atoms with van der Waals surface area (Å²) in [6.07, 6.45) is -2.89. The molecule has 1 rings (SSSR count). The average Bonchev–Trinajstić information content (AvgIpc) is 2.90. The van der Waals surface area contributed by atoms with E-state index in [0.717, 1.165) is 11.8 Å². The summed E-state index contributed by atoms with van der Waals surface area (Å²) >= 11 is 0.927. The van der Waals surface area contributed by atoms with Gasteiger partial charge in [0, 0.05) is 49.5 Å². The van der Waals surface area contributed by atoms with E-state index >= 15 is 0 Å². The zero-order valence-corrected chi connectivity index (χ0v) is 28.7. The van der Waals surface area contributed by atoms with E-state index in [1.807, 2.05) is 21.1 Å². The summed E-state index contributed by atoms with van der Waals surface area (Å²) in [4.78, 5) is 72.1. The molecule has 0 radical (unpaired) electrons. The van der Waals surface area contributed by atoms with Crippen LogP contribution in [-0.2, 0) is 51.9 Å². The molecule has 0 bridgehead atoms. The lowest BCUT2D eigenvalue weighted by Gasteiger charge is -2.40. The van der Waals surface area contributed by atoms with Crippen LogP contribution in [0.2, 0.25) is 0 Å². The Morgan fingerprint density at radius 3 is 2.33 bits per heavy atom. The fourth-order valence-electron chi connectivity index (χ4n) is 3.96. The maximum Gasteiger partial charge on any atom is 0.407 e. The average molecular weight is 683 g/mol. The first kappa shape index (κ1) is 40.5. The quantitative estimate of drug-likeness (QED) is 0.0678. The van der Waals surface area contributed by atoms with Crippen molar-refractivity contribution in [3.8, 4) is 0 Å². The van der Waals surface area contributed by atoms with Crippen LogP contribution >= 0.6 is 19.5 Å². The highest BCUT2D eigenvalue weighted by atomic mass is 32.2. The normalized spacial score (nSPS) is 20.7. The number of carboxylic acid groups (broad SMARTS) is 1. The largest absolute Gasteiger partial charge is 0.550 e. The lowest BCUT2D eigenvalue weighted by Crippen LogP contribution is -2.51. The van der Waals surface area contributed by atoms with Gasteiger partial charge in [0.2, 0.25) is 11.8 Å². The van der Waals surface area contributed by atoms with E-state index < -0.39 is 61.6 Å². The number of hydrogen-bond donors (Lipinski definition) is 3. The lowest BCUT2D eigenvalue weighted by molar-refractivity contribution is -0.873. The molecule has 2 amide bonds. The van der Waals surface area contributed by atoms with Gasteiger partial charge in [0.15, 0.2) is 17.3 Å². The van der Waals surface area contributed by atoms with Gasteiger partial charge in [-0.1, -0.05) is 25.6 Å². The summed E-state index contributed by atoms with van der Waals surface area (Å²) in [5, 5.41) is 18.3. The van der Waals surface area contributed by atoms with Gasteiger partial charge in [0.1, 0.15) is 12.6 Å². The molecular weight excluding hydrogens is 635 g/mol. The van der Waals surface area contributed by atoms with Crippen LogP contribution < -0.4 is 20.8 Å². The highest BCUT2D eigenvalue weighted by Crippen LogP contribution is 2.53. The number of ether oxygens (including phenoxy) is 2. The number of nitrogens with zero attached hydrogens (tertiary/aromatic N) is 1. The molecule has 16 nitrogen and oxygen atoms in total. The number of nitrogens with one attached hydrogen (secondary N) is 3. The Morgan fingerprint density at radius 2 is 1.73 bits per heavy atom. The zero-order chi connectivity index (χ0) is 34.4. The predicted octanol–water partition coefficient (Wildman–Crippen LogP) is -0.502. The number of hydrogen-bond acceptors (Lipinski definition) is 13. The van der Waals surface area contributed by atoms with Gasteiger partial charge in [-0.05, 0) is 13.8 Å². The first-order valence-corrected chi connectivity index (χ1v) is 17.1. The smallest absolute Gasteiger partial charge is 0.407 e. The highest BCUT2D eigenvalue weighted by Gasteiger charge is 2.49. The summed E-state index contributed by atoms with van der Waals surface area (Å²) in [7, 11) is 1.46. The van der Waals surface area contributed by atoms with Crippen molar-refractivity contribution >= 4 is 54.3 Å². The molecule has 18 heteroatoms. The van der Waals surface area contributed by atoms with E-state index in [9.17, 15) is 38.4 Å². The van der Waals surface area contributed by atoms with E-state index in [1.54, 1.807) is 20.8 Å². The first-order valence-electron chi connectivity index (χ1n) is 14.5. The van der Waals surface area contributed by atoms with E-state index in [1.165, 1.54) is 6.92 Å². The molecule has 0 spiro atoms. The minimum absolute atomic E-state index is 0.0420. The number of carbonyl (C=O) groups excluding carboxylic acids is 6. The van der Waals surface area contributed by atoms with Gasteiger partial charge in [0.25, 0.3) is 0 Å². The molecular formula is C27H47N4O12PS.